The second-order valence-electron chi connectivity index (χ2n) is 5.34. The van der Waals surface area contributed by atoms with Crippen molar-refractivity contribution in [2.45, 2.75) is 38.4 Å². The van der Waals surface area contributed by atoms with Crippen LogP contribution in [0.2, 0.25) is 0 Å². The van der Waals surface area contributed by atoms with Crippen molar-refractivity contribution in [3.8, 4) is 0 Å². The van der Waals surface area contributed by atoms with Gasteiger partial charge in [-0.05, 0) is 25.8 Å². The van der Waals surface area contributed by atoms with E-state index in [2.05, 4.69) is 10.6 Å². The average Bonchev–Trinajstić information content (AvgIpc) is 2.33. The van der Waals surface area contributed by atoms with Crippen LogP contribution >= 0.6 is 0 Å². The fourth-order valence-electron chi connectivity index (χ4n) is 1.96. The summed E-state index contributed by atoms with van der Waals surface area (Å²) in [4.78, 5) is 22.2. The van der Waals surface area contributed by atoms with Gasteiger partial charge < -0.3 is 21.5 Å². The highest BCUT2D eigenvalue weighted by atomic mass is 16.4. The highest BCUT2D eigenvalue weighted by molar-refractivity contribution is 5.80. The predicted octanol–water partition coefficient (Wildman–Crippen LogP) is 1.07. The Bertz CT molecular complexity index is 460. The molecule has 0 saturated carbocycles. The van der Waals surface area contributed by atoms with Crippen LogP contribution in [0.4, 0.5) is 4.79 Å². The lowest BCUT2D eigenvalue weighted by atomic mass is 9.94. The number of carbonyl (C=O) groups excluding carboxylic acids is 1. The molecule has 0 bridgehead atoms. The largest absolute Gasteiger partial charge is 0.465 e. The summed E-state index contributed by atoms with van der Waals surface area (Å²) in [5, 5.41) is 14.2. The van der Waals surface area contributed by atoms with Crippen LogP contribution in [0, 0.1) is 0 Å². The van der Waals surface area contributed by atoms with Crippen LogP contribution in [0.3, 0.4) is 0 Å². The molecule has 6 nitrogen and oxygen atoms in total. The molecule has 0 fully saturated rings. The smallest absolute Gasteiger partial charge is 0.405 e. The molecule has 0 aliphatic heterocycles. The molecule has 0 spiro atoms. The van der Waals surface area contributed by atoms with Crippen molar-refractivity contribution in [2.75, 3.05) is 0 Å². The lowest BCUT2D eigenvalue weighted by Crippen LogP contribution is -2.51. The molecule has 0 radical (unpaired) electrons. The van der Waals surface area contributed by atoms with Gasteiger partial charge in [0.25, 0.3) is 0 Å². The topological polar surface area (TPSA) is 104 Å². The highest BCUT2D eigenvalue weighted by Crippen LogP contribution is 2.12. The number of primary amides is 1. The monoisotopic (exact) mass is 279 g/mol. The maximum Gasteiger partial charge on any atom is 0.405 e. The molecule has 1 atom stereocenters. The zero-order chi connectivity index (χ0) is 15.2. The van der Waals surface area contributed by atoms with Crippen molar-refractivity contribution in [2.24, 2.45) is 5.73 Å². The Balaban J connectivity index is 2.61. The highest BCUT2D eigenvalue weighted by Gasteiger charge is 2.27. The molecule has 1 unspecified atom stereocenters. The van der Waals surface area contributed by atoms with E-state index in [1.54, 1.807) is 13.8 Å². The van der Waals surface area contributed by atoms with Gasteiger partial charge in [-0.1, -0.05) is 30.3 Å². The van der Waals surface area contributed by atoms with E-state index in [0.29, 0.717) is 6.54 Å². The molecular formula is C14H21N3O3. The number of carbonyl (C=O) groups is 2. The summed E-state index contributed by atoms with van der Waals surface area (Å²) in [6.07, 6.45) is -0.845. The predicted molar refractivity (Wildman–Crippen MR) is 76.1 cm³/mol. The fourth-order valence-corrected chi connectivity index (χ4v) is 1.96. The third-order valence-corrected chi connectivity index (χ3v) is 2.90. The van der Waals surface area contributed by atoms with Gasteiger partial charge >= 0.3 is 6.09 Å². The van der Waals surface area contributed by atoms with Crippen molar-refractivity contribution >= 4 is 12.0 Å². The number of benzene rings is 1. The van der Waals surface area contributed by atoms with Gasteiger partial charge in [-0.15, -0.1) is 0 Å². The number of amides is 2. The van der Waals surface area contributed by atoms with Gasteiger partial charge in [0, 0.05) is 12.1 Å². The molecule has 0 aliphatic carbocycles. The van der Waals surface area contributed by atoms with E-state index in [9.17, 15) is 9.59 Å². The third-order valence-electron chi connectivity index (χ3n) is 2.90. The Morgan fingerprint density at radius 2 is 1.90 bits per heavy atom. The van der Waals surface area contributed by atoms with Crippen molar-refractivity contribution < 1.29 is 14.7 Å². The van der Waals surface area contributed by atoms with Crippen LogP contribution in [0.15, 0.2) is 30.3 Å². The summed E-state index contributed by atoms with van der Waals surface area (Å²) in [6.45, 7) is 3.92. The molecule has 0 aliphatic rings. The Hall–Kier alpha value is -2.08. The minimum absolute atomic E-state index is 0.279. The standard InChI is InChI=1S/C14H21N3O3/c1-14(2,17-13(19)20)8-11(12(15)18)16-9-10-6-4-3-5-7-10/h3-7,11,16-17H,8-9H2,1-2H3,(H2,15,18)(H,19,20). The molecule has 1 rings (SSSR count). The van der Waals surface area contributed by atoms with E-state index in [1.165, 1.54) is 0 Å². The van der Waals surface area contributed by atoms with E-state index in [0.717, 1.165) is 5.56 Å². The summed E-state index contributed by atoms with van der Waals surface area (Å²) in [6, 6.07) is 9.00. The maximum atomic E-state index is 11.5. The molecule has 1 aromatic rings. The number of hydrogen-bond acceptors (Lipinski definition) is 3. The Kier molecular flexibility index (Phi) is 5.52. The number of carboxylic acid groups (broad SMARTS) is 1. The van der Waals surface area contributed by atoms with E-state index in [-0.39, 0.29) is 6.42 Å². The first-order valence-corrected chi connectivity index (χ1v) is 6.38. The second-order valence-corrected chi connectivity index (χ2v) is 5.34. The van der Waals surface area contributed by atoms with Gasteiger partial charge in [-0.3, -0.25) is 4.79 Å². The molecule has 20 heavy (non-hydrogen) atoms. The second kappa shape index (κ2) is 6.91. The van der Waals surface area contributed by atoms with Crippen LogP contribution < -0.4 is 16.4 Å². The number of nitrogens with one attached hydrogen (secondary N) is 2. The molecule has 110 valence electrons. The van der Waals surface area contributed by atoms with Gasteiger partial charge in [0.2, 0.25) is 5.91 Å². The zero-order valence-electron chi connectivity index (χ0n) is 11.7. The Morgan fingerprint density at radius 1 is 1.30 bits per heavy atom. The van der Waals surface area contributed by atoms with Crippen LogP contribution in [0.5, 0.6) is 0 Å². The lowest BCUT2D eigenvalue weighted by molar-refractivity contribution is -0.120. The molecule has 0 aromatic heterocycles. The van der Waals surface area contributed by atoms with E-state index in [4.69, 9.17) is 10.8 Å². The quantitative estimate of drug-likeness (QED) is 0.599. The summed E-state index contributed by atoms with van der Waals surface area (Å²) in [7, 11) is 0. The number of rotatable bonds is 7. The maximum absolute atomic E-state index is 11.5. The average molecular weight is 279 g/mol. The van der Waals surface area contributed by atoms with Crippen molar-refractivity contribution in [1.29, 1.82) is 0 Å². The van der Waals surface area contributed by atoms with E-state index < -0.39 is 23.6 Å². The first-order chi connectivity index (χ1) is 9.30. The van der Waals surface area contributed by atoms with Gasteiger partial charge in [-0.2, -0.15) is 0 Å². The minimum atomic E-state index is -1.12. The van der Waals surface area contributed by atoms with Gasteiger partial charge in [-0.25, -0.2) is 4.79 Å². The van der Waals surface area contributed by atoms with Crippen LogP contribution in [0.1, 0.15) is 25.8 Å². The first kappa shape index (κ1) is 16.0. The summed E-state index contributed by atoms with van der Waals surface area (Å²) in [5.41, 5.74) is 5.65. The van der Waals surface area contributed by atoms with Crippen molar-refractivity contribution in [1.82, 2.24) is 10.6 Å². The van der Waals surface area contributed by atoms with Gasteiger partial charge in [0.1, 0.15) is 0 Å². The van der Waals surface area contributed by atoms with E-state index in [1.807, 2.05) is 30.3 Å². The first-order valence-electron chi connectivity index (χ1n) is 6.38. The van der Waals surface area contributed by atoms with Crippen LogP contribution in [-0.4, -0.2) is 28.7 Å². The number of nitrogens with two attached hydrogens (primary N) is 1. The summed E-state index contributed by atoms with van der Waals surface area (Å²) >= 11 is 0. The molecule has 2 amide bonds. The molecule has 5 N–H and O–H groups in total. The molecular weight excluding hydrogens is 258 g/mol. The molecule has 0 saturated heterocycles. The lowest BCUT2D eigenvalue weighted by Gasteiger charge is -2.28. The molecule has 6 heteroatoms. The Labute approximate surface area is 118 Å². The molecule has 0 heterocycles. The van der Waals surface area contributed by atoms with Crippen molar-refractivity contribution in [3.63, 3.8) is 0 Å². The third kappa shape index (κ3) is 5.71. The summed E-state index contributed by atoms with van der Waals surface area (Å²) in [5.74, 6) is -0.499. The SMILES string of the molecule is CC(C)(CC(NCc1ccccc1)C(N)=O)NC(=O)O. The zero-order valence-corrected chi connectivity index (χ0v) is 11.7. The molecule has 1 aromatic carbocycles. The van der Waals surface area contributed by atoms with Crippen molar-refractivity contribution in [3.05, 3.63) is 35.9 Å². The van der Waals surface area contributed by atoms with E-state index >= 15 is 0 Å². The van der Waals surface area contributed by atoms with Crippen LogP contribution in [0.25, 0.3) is 0 Å². The van der Waals surface area contributed by atoms with Gasteiger partial charge in [0.15, 0.2) is 0 Å². The minimum Gasteiger partial charge on any atom is -0.465 e. The summed E-state index contributed by atoms with van der Waals surface area (Å²) < 4.78 is 0. The normalized spacial score (nSPS) is 12.7. The van der Waals surface area contributed by atoms with Crippen LogP contribution in [-0.2, 0) is 11.3 Å². The van der Waals surface area contributed by atoms with Gasteiger partial charge in [0.05, 0.1) is 6.04 Å². The fraction of sp³-hybridized carbons (Fsp3) is 0.429. The number of hydrogen-bond donors (Lipinski definition) is 4. The Morgan fingerprint density at radius 3 is 2.40 bits per heavy atom.